The van der Waals surface area contributed by atoms with Crippen molar-refractivity contribution in [1.82, 2.24) is 5.32 Å². The second-order valence-corrected chi connectivity index (χ2v) is 6.27. The lowest BCUT2D eigenvalue weighted by Gasteiger charge is -2.40. The molecule has 1 aromatic rings. The fourth-order valence-electron chi connectivity index (χ4n) is 2.58. The van der Waals surface area contributed by atoms with E-state index in [4.69, 9.17) is 9.47 Å². The fourth-order valence-corrected chi connectivity index (χ4v) is 3.52. The summed E-state index contributed by atoms with van der Waals surface area (Å²) in [6.07, 6.45) is 6.28. The summed E-state index contributed by atoms with van der Waals surface area (Å²) in [6, 6.07) is 6.09. The molecule has 3 nitrogen and oxygen atoms in total. The molecular formula is C14H19NO2S. The molecule has 4 heteroatoms. The Labute approximate surface area is 112 Å². The van der Waals surface area contributed by atoms with Crippen LogP contribution in [-0.4, -0.2) is 24.3 Å². The Balaban J connectivity index is 1.59. The monoisotopic (exact) mass is 265 g/mol. The largest absolute Gasteiger partial charge is 0.454 e. The number of nitrogens with one attached hydrogen (secondary N) is 1. The third-order valence-corrected chi connectivity index (χ3v) is 5.36. The highest BCUT2D eigenvalue weighted by atomic mass is 32.2. The van der Waals surface area contributed by atoms with Crippen LogP contribution < -0.4 is 14.8 Å². The Morgan fingerprint density at radius 1 is 1.33 bits per heavy atom. The molecule has 1 aliphatic carbocycles. The zero-order chi connectivity index (χ0) is 12.4. The van der Waals surface area contributed by atoms with Gasteiger partial charge in [0.25, 0.3) is 0 Å². The third kappa shape index (κ3) is 2.19. The summed E-state index contributed by atoms with van der Waals surface area (Å²) in [5.74, 6) is 1.79. The molecule has 0 saturated heterocycles. The van der Waals surface area contributed by atoms with Gasteiger partial charge in [-0.1, -0.05) is 18.6 Å². The van der Waals surface area contributed by atoms with Crippen LogP contribution in [0.1, 0.15) is 24.8 Å². The molecule has 1 heterocycles. The van der Waals surface area contributed by atoms with Crippen LogP contribution >= 0.6 is 11.8 Å². The summed E-state index contributed by atoms with van der Waals surface area (Å²) in [4.78, 5) is 0. The van der Waals surface area contributed by atoms with E-state index < -0.39 is 0 Å². The first kappa shape index (κ1) is 12.2. The number of benzene rings is 1. The Kier molecular flexibility index (Phi) is 3.39. The van der Waals surface area contributed by atoms with Crippen LogP contribution in [0.2, 0.25) is 0 Å². The zero-order valence-electron chi connectivity index (χ0n) is 10.7. The Bertz CT molecular complexity index is 426. The van der Waals surface area contributed by atoms with E-state index in [9.17, 15) is 0 Å². The molecule has 1 saturated carbocycles. The standard InChI is InChI=1S/C14H19NO2S/c1-18-14(6-3-7-14)9-15-8-11-4-2-5-12-13(11)17-10-16-12/h2,4-5,15H,3,6-10H2,1H3. The molecule has 2 aliphatic rings. The zero-order valence-corrected chi connectivity index (χ0v) is 11.5. The van der Waals surface area contributed by atoms with Crippen LogP contribution in [0.25, 0.3) is 0 Å². The molecule has 0 radical (unpaired) electrons. The van der Waals surface area contributed by atoms with E-state index in [1.807, 2.05) is 23.9 Å². The van der Waals surface area contributed by atoms with E-state index in [0.717, 1.165) is 24.6 Å². The van der Waals surface area contributed by atoms with Crippen molar-refractivity contribution in [3.05, 3.63) is 23.8 Å². The Hall–Kier alpha value is -0.870. The van der Waals surface area contributed by atoms with Crippen molar-refractivity contribution in [2.75, 3.05) is 19.6 Å². The highest BCUT2D eigenvalue weighted by molar-refractivity contribution is 8.00. The van der Waals surface area contributed by atoms with Crippen molar-refractivity contribution in [1.29, 1.82) is 0 Å². The Morgan fingerprint density at radius 2 is 2.22 bits per heavy atom. The summed E-state index contributed by atoms with van der Waals surface area (Å²) < 4.78 is 11.4. The molecule has 98 valence electrons. The molecule has 0 bridgehead atoms. The van der Waals surface area contributed by atoms with Gasteiger partial charge in [-0.05, 0) is 25.2 Å². The summed E-state index contributed by atoms with van der Waals surface area (Å²) in [5.41, 5.74) is 1.19. The molecule has 18 heavy (non-hydrogen) atoms. The van der Waals surface area contributed by atoms with Crippen molar-refractivity contribution in [2.45, 2.75) is 30.6 Å². The molecular weight excluding hydrogens is 246 g/mol. The van der Waals surface area contributed by atoms with Gasteiger partial charge < -0.3 is 14.8 Å². The van der Waals surface area contributed by atoms with Crippen LogP contribution in [0.5, 0.6) is 11.5 Å². The molecule has 1 aliphatic heterocycles. The number of hydrogen-bond donors (Lipinski definition) is 1. The van der Waals surface area contributed by atoms with Gasteiger partial charge in [0, 0.05) is 23.4 Å². The number of ether oxygens (including phenoxy) is 2. The maximum atomic E-state index is 5.51. The van der Waals surface area contributed by atoms with Crippen LogP contribution in [-0.2, 0) is 6.54 Å². The number of rotatable bonds is 5. The minimum atomic E-state index is 0.348. The fraction of sp³-hybridized carbons (Fsp3) is 0.571. The van der Waals surface area contributed by atoms with Crippen molar-refractivity contribution in [3.63, 3.8) is 0 Å². The predicted molar refractivity (Wildman–Crippen MR) is 74.4 cm³/mol. The summed E-state index contributed by atoms with van der Waals surface area (Å²) >= 11 is 2.00. The van der Waals surface area contributed by atoms with E-state index >= 15 is 0 Å². The summed E-state index contributed by atoms with van der Waals surface area (Å²) in [7, 11) is 0. The van der Waals surface area contributed by atoms with Crippen molar-refractivity contribution < 1.29 is 9.47 Å². The normalized spacial score (nSPS) is 19.6. The van der Waals surface area contributed by atoms with Crippen LogP contribution in [0.15, 0.2) is 18.2 Å². The van der Waals surface area contributed by atoms with Gasteiger partial charge in [-0.2, -0.15) is 11.8 Å². The van der Waals surface area contributed by atoms with Gasteiger partial charge in [0.2, 0.25) is 6.79 Å². The molecule has 0 aromatic heterocycles. The van der Waals surface area contributed by atoms with Crippen LogP contribution in [0.4, 0.5) is 0 Å². The molecule has 0 spiro atoms. The van der Waals surface area contributed by atoms with Crippen LogP contribution in [0.3, 0.4) is 0 Å². The lowest BCUT2D eigenvalue weighted by molar-refractivity contribution is 0.173. The van der Waals surface area contributed by atoms with Gasteiger partial charge >= 0.3 is 0 Å². The highest BCUT2D eigenvalue weighted by Gasteiger charge is 2.35. The van der Waals surface area contributed by atoms with Crippen LogP contribution in [0, 0.1) is 0 Å². The van der Waals surface area contributed by atoms with E-state index in [2.05, 4.69) is 17.6 Å². The Morgan fingerprint density at radius 3 is 2.94 bits per heavy atom. The lowest BCUT2D eigenvalue weighted by Crippen LogP contribution is -2.43. The van der Waals surface area contributed by atoms with E-state index in [-0.39, 0.29) is 0 Å². The molecule has 0 atom stereocenters. The molecule has 1 aromatic carbocycles. The van der Waals surface area contributed by atoms with Gasteiger partial charge in [-0.15, -0.1) is 0 Å². The number of hydrogen-bond acceptors (Lipinski definition) is 4. The molecule has 0 unspecified atom stereocenters. The van der Waals surface area contributed by atoms with Gasteiger partial charge in [0.15, 0.2) is 11.5 Å². The maximum absolute atomic E-state index is 5.51. The lowest BCUT2D eigenvalue weighted by atomic mass is 9.84. The van der Waals surface area contributed by atoms with E-state index in [1.54, 1.807) is 0 Å². The first-order chi connectivity index (χ1) is 8.83. The van der Waals surface area contributed by atoms with E-state index in [0.29, 0.717) is 11.5 Å². The second kappa shape index (κ2) is 5.02. The van der Waals surface area contributed by atoms with Crippen molar-refractivity contribution in [2.24, 2.45) is 0 Å². The first-order valence-electron chi connectivity index (χ1n) is 6.46. The smallest absolute Gasteiger partial charge is 0.231 e. The minimum Gasteiger partial charge on any atom is -0.454 e. The van der Waals surface area contributed by atoms with Gasteiger partial charge in [-0.25, -0.2) is 0 Å². The molecule has 3 rings (SSSR count). The molecule has 1 N–H and O–H groups in total. The number of fused-ring (bicyclic) bond motifs is 1. The first-order valence-corrected chi connectivity index (χ1v) is 7.69. The molecule has 1 fully saturated rings. The van der Waals surface area contributed by atoms with Gasteiger partial charge in [-0.3, -0.25) is 0 Å². The average molecular weight is 265 g/mol. The minimum absolute atomic E-state index is 0.348. The predicted octanol–water partition coefficient (Wildman–Crippen LogP) is 2.79. The summed E-state index contributed by atoms with van der Waals surface area (Å²) in [5, 5.41) is 3.57. The second-order valence-electron chi connectivity index (χ2n) is 5.00. The topological polar surface area (TPSA) is 30.5 Å². The van der Waals surface area contributed by atoms with Crippen molar-refractivity contribution >= 4 is 11.8 Å². The number of para-hydroxylation sites is 1. The molecule has 0 amide bonds. The van der Waals surface area contributed by atoms with E-state index in [1.165, 1.54) is 24.8 Å². The quantitative estimate of drug-likeness (QED) is 0.887. The highest BCUT2D eigenvalue weighted by Crippen LogP contribution is 2.42. The van der Waals surface area contributed by atoms with Crippen molar-refractivity contribution in [3.8, 4) is 11.5 Å². The maximum Gasteiger partial charge on any atom is 0.231 e. The van der Waals surface area contributed by atoms with Gasteiger partial charge in [0.1, 0.15) is 0 Å². The number of thioether (sulfide) groups is 1. The SMILES string of the molecule is CSC1(CNCc2cccc3c2OCO3)CCC1. The summed E-state index contributed by atoms with van der Waals surface area (Å²) in [6.45, 7) is 2.29. The third-order valence-electron chi connectivity index (χ3n) is 3.94. The average Bonchev–Trinajstić information content (AvgIpc) is 2.81. The van der Waals surface area contributed by atoms with Gasteiger partial charge in [0.05, 0.1) is 0 Å².